The SMILES string of the molecule is C[C@]1(Nc2cnc3cnn(CC(F)F)c3n2)C[C@H]2CN(c3cccc(C(F)(F)F)n3)C[C@H]2C1. The predicted octanol–water partition coefficient (Wildman–Crippen LogP) is 4.22. The zero-order valence-corrected chi connectivity index (χ0v) is 17.7. The minimum Gasteiger partial charge on any atom is -0.364 e. The molecular formula is C21H22F5N7. The van der Waals surface area contributed by atoms with E-state index in [9.17, 15) is 22.0 Å². The van der Waals surface area contributed by atoms with Crippen LogP contribution in [-0.2, 0) is 12.7 Å². The first-order valence-corrected chi connectivity index (χ1v) is 10.6. The van der Waals surface area contributed by atoms with Crippen LogP contribution in [-0.4, -0.2) is 49.8 Å². The highest BCUT2D eigenvalue weighted by molar-refractivity contribution is 5.71. The Labute approximate surface area is 186 Å². The van der Waals surface area contributed by atoms with Gasteiger partial charge in [-0.25, -0.2) is 28.4 Å². The molecule has 1 aliphatic heterocycles. The number of aromatic nitrogens is 5. The fourth-order valence-corrected chi connectivity index (χ4v) is 5.17. The van der Waals surface area contributed by atoms with E-state index < -0.39 is 24.8 Å². The van der Waals surface area contributed by atoms with Gasteiger partial charge in [0.1, 0.15) is 29.4 Å². The van der Waals surface area contributed by atoms with E-state index >= 15 is 0 Å². The molecule has 1 aliphatic carbocycles. The summed E-state index contributed by atoms with van der Waals surface area (Å²) in [6.45, 7) is 2.77. The molecule has 4 heterocycles. The standard InChI is InChI=1S/C21H22F5N7/c1-20(31-17-8-27-14-7-28-33(11-16(22)23)19(14)30-17)5-12-9-32(10-13(12)6-20)18-4-2-3-15(29-18)21(24,25)26/h2-4,7-8,12-13,16H,5-6,9-11H2,1H3,(H,30,31)/t12-,13+,20-. The fourth-order valence-electron chi connectivity index (χ4n) is 5.17. The van der Waals surface area contributed by atoms with Crippen LogP contribution in [0.1, 0.15) is 25.5 Å². The highest BCUT2D eigenvalue weighted by atomic mass is 19.4. The molecule has 0 radical (unpaired) electrons. The summed E-state index contributed by atoms with van der Waals surface area (Å²) in [6, 6.07) is 3.98. The molecule has 176 valence electrons. The van der Waals surface area contributed by atoms with Gasteiger partial charge in [-0.3, -0.25) is 0 Å². The lowest BCUT2D eigenvalue weighted by atomic mass is 9.98. The van der Waals surface area contributed by atoms with Crippen molar-refractivity contribution in [3.8, 4) is 0 Å². The van der Waals surface area contributed by atoms with Gasteiger partial charge in [0.2, 0.25) is 0 Å². The molecule has 0 bridgehead atoms. The first-order chi connectivity index (χ1) is 15.6. The molecule has 0 amide bonds. The summed E-state index contributed by atoms with van der Waals surface area (Å²) >= 11 is 0. The van der Waals surface area contributed by atoms with Crippen LogP contribution in [0.4, 0.5) is 33.6 Å². The number of fused-ring (bicyclic) bond motifs is 2. The van der Waals surface area contributed by atoms with Crippen LogP contribution in [0.25, 0.3) is 11.2 Å². The van der Waals surface area contributed by atoms with E-state index in [0.717, 1.165) is 23.6 Å². The van der Waals surface area contributed by atoms with Crippen LogP contribution in [0.2, 0.25) is 0 Å². The number of nitrogens with zero attached hydrogens (tertiary/aromatic N) is 6. The van der Waals surface area contributed by atoms with Crippen LogP contribution >= 0.6 is 0 Å². The van der Waals surface area contributed by atoms with Gasteiger partial charge in [0.25, 0.3) is 6.43 Å². The summed E-state index contributed by atoms with van der Waals surface area (Å²) in [4.78, 5) is 14.5. The summed E-state index contributed by atoms with van der Waals surface area (Å²) in [5.74, 6) is 1.41. The molecule has 0 spiro atoms. The monoisotopic (exact) mass is 467 g/mol. The number of halogens is 5. The van der Waals surface area contributed by atoms with Gasteiger partial charge in [-0.1, -0.05) is 6.07 Å². The van der Waals surface area contributed by atoms with Crippen molar-refractivity contribution in [1.29, 1.82) is 0 Å². The molecule has 2 fully saturated rings. The molecular weight excluding hydrogens is 445 g/mol. The number of hydrogen-bond donors (Lipinski definition) is 1. The normalized spacial score (nSPS) is 25.2. The molecule has 5 rings (SSSR count). The molecule has 2 aliphatic rings. The average Bonchev–Trinajstić information content (AvgIpc) is 3.39. The van der Waals surface area contributed by atoms with Crippen molar-refractivity contribution in [1.82, 2.24) is 24.7 Å². The molecule has 12 heteroatoms. The van der Waals surface area contributed by atoms with Crippen molar-refractivity contribution in [2.24, 2.45) is 11.8 Å². The van der Waals surface area contributed by atoms with Crippen LogP contribution in [0.15, 0.2) is 30.6 Å². The number of rotatable bonds is 5. The van der Waals surface area contributed by atoms with Gasteiger partial charge in [-0.15, -0.1) is 0 Å². The lowest BCUT2D eigenvalue weighted by Crippen LogP contribution is -2.35. The summed E-state index contributed by atoms with van der Waals surface area (Å²) in [5, 5.41) is 7.34. The van der Waals surface area contributed by atoms with Crippen molar-refractivity contribution in [3.63, 3.8) is 0 Å². The quantitative estimate of drug-likeness (QED) is 0.567. The number of nitrogens with one attached hydrogen (secondary N) is 1. The van der Waals surface area contributed by atoms with Crippen molar-refractivity contribution in [3.05, 3.63) is 36.3 Å². The Bertz CT molecular complexity index is 1150. The topological polar surface area (TPSA) is 71.8 Å². The maximum Gasteiger partial charge on any atom is 0.433 e. The molecule has 3 aromatic rings. The first-order valence-electron chi connectivity index (χ1n) is 10.6. The Morgan fingerprint density at radius 3 is 2.52 bits per heavy atom. The van der Waals surface area contributed by atoms with Gasteiger partial charge in [-0.05, 0) is 43.7 Å². The fraction of sp³-hybridized carbons (Fsp3) is 0.524. The van der Waals surface area contributed by atoms with Gasteiger partial charge in [0, 0.05) is 18.6 Å². The Kier molecular flexibility index (Phi) is 5.13. The summed E-state index contributed by atoms with van der Waals surface area (Å²) in [5.41, 5.74) is -0.440. The van der Waals surface area contributed by atoms with Crippen molar-refractivity contribution in [2.75, 3.05) is 23.3 Å². The molecule has 3 aromatic heterocycles. The van der Waals surface area contributed by atoms with Crippen molar-refractivity contribution >= 4 is 22.8 Å². The van der Waals surface area contributed by atoms with Crippen molar-refractivity contribution < 1.29 is 22.0 Å². The van der Waals surface area contributed by atoms with Crippen molar-refractivity contribution in [2.45, 2.75) is 44.5 Å². The second-order valence-corrected chi connectivity index (χ2v) is 9.08. The Balaban J connectivity index is 1.28. The highest BCUT2D eigenvalue weighted by Gasteiger charge is 2.47. The number of pyridine rings is 1. The first kappa shape index (κ1) is 21.8. The zero-order valence-electron chi connectivity index (χ0n) is 17.7. The Morgan fingerprint density at radius 2 is 1.85 bits per heavy atom. The third kappa shape index (κ3) is 4.30. The molecule has 0 aromatic carbocycles. The largest absolute Gasteiger partial charge is 0.433 e. The number of anilines is 2. The molecule has 1 N–H and O–H groups in total. The summed E-state index contributed by atoms with van der Waals surface area (Å²) in [7, 11) is 0. The maximum absolute atomic E-state index is 13.0. The van der Waals surface area contributed by atoms with Gasteiger partial charge in [0.15, 0.2) is 5.65 Å². The Hall–Kier alpha value is -3.05. The molecule has 7 nitrogen and oxygen atoms in total. The molecule has 1 saturated carbocycles. The van der Waals surface area contributed by atoms with Crippen LogP contribution in [0, 0.1) is 11.8 Å². The van der Waals surface area contributed by atoms with E-state index in [4.69, 9.17) is 0 Å². The highest BCUT2D eigenvalue weighted by Crippen LogP contribution is 2.46. The van der Waals surface area contributed by atoms with Gasteiger partial charge in [0.05, 0.1) is 12.4 Å². The van der Waals surface area contributed by atoms with E-state index in [2.05, 4.69) is 32.3 Å². The summed E-state index contributed by atoms with van der Waals surface area (Å²) in [6.07, 6.45) is -2.46. The number of alkyl halides is 5. The number of hydrogen-bond acceptors (Lipinski definition) is 6. The molecule has 33 heavy (non-hydrogen) atoms. The van der Waals surface area contributed by atoms with E-state index in [1.807, 2.05) is 4.90 Å². The predicted molar refractivity (Wildman–Crippen MR) is 111 cm³/mol. The average molecular weight is 467 g/mol. The van der Waals surface area contributed by atoms with Crippen LogP contribution in [0.3, 0.4) is 0 Å². The lowest BCUT2D eigenvalue weighted by molar-refractivity contribution is -0.141. The van der Waals surface area contributed by atoms with Gasteiger partial charge < -0.3 is 10.2 Å². The summed E-state index contributed by atoms with van der Waals surface area (Å²) < 4.78 is 65.8. The second kappa shape index (κ2) is 7.77. The second-order valence-electron chi connectivity index (χ2n) is 9.08. The van der Waals surface area contributed by atoms with Crippen LogP contribution < -0.4 is 10.2 Å². The smallest absolute Gasteiger partial charge is 0.364 e. The van der Waals surface area contributed by atoms with E-state index in [-0.39, 0.29) is 5.54 Å². The van der Waals surface area contributed by atoms with Gasteiger partial charge >= 0.3 is 6.18 Å². The minimum atomic E-state index is -4.47. The lowest BCUT2D eigenvalue weighted by Gasteiger charge is -2.29. The molecule has 0 unspecified atom stereocenters. The third-order valence-electron chi connectivity index (χ3n) is 6.44. The van der Waals surface area contributed by atoms with E-state index in [0.29, 0.717) is 47.7 Å². The van der Waals surface area contributed by atoms with Gasteiger partial charge in [-0.2, -0.15) is 18.3 Å². The zero-order chi connectivity index (χ0) is 23.4. The molecule has 1 saturated heterocycles. The maximum atomic E-state index is 13.0. The van der Waals surface area contributed by atoms with Crippen LogP contribution in [0.5, 0.6) is 0 Å². The van der Waals surface area contributed by atoms with E-state index in [1.165, 1.54) is 12.3 Å². The Morgan fingerprint density at radius 1 is 1.12 bits per heavy atom. The molecule has 3 atom stereocenters. The minimum absolute atomic E-state index is 0.292. The van der Waals surface area contributed by atoms with E-state index in [1.54, 1.807) is 12.3 Å². The third-order valence-corrected chi connectivity index (χ3v) is 6.44.